The van der Waals surface area contributed by atoms with Gasteiger partial charge in [-0.2, -0.15) is 0 Å². The van der Waals surface area contributed by atoms with Gasteiger partial charge in [-0.1, -0.05) is 11.2 Å². The largest absolute Gasteiger partial charge is 0.507 e. The number of aromatic nitrogens is 1. The molecule has 0 aliphatic rings. The van der Waals surface area contributed by atoms with Gasteiger partial charge in [-0.05, 0) is 12.1 Å². The number of nitrogens with zero attached hydrogens (tertiary/aromatic N) is 1. The second kappa shape index (κ2) is 3.77. The predicted octanol–water partition coefficient (Wildman–Crippen LogP) is 1.03. The lowest BCUT2D eigenvalue weighted by Gasteiger charge is -2.06. The molecule has 2 aromatic rings. The molecule has 0 amide bonds. The van der Waals surface area contributed by atoms with Crippen molar-refractivity contribution in [1.82, 2.24) is 5.16 Å². The van der Waals surface area contributed by atoms with Crippen molar-refractivity contribution < 1.29 is 18.0 Å². The molecule has 0 aliphatic carbocycles. The maximum absolute atomic E-state index is 11.6. The first-order valence-corrected chi connectivity index (χ1v) is 6.53. The Bertz CT molecular complexity index is 661. The molecule has 2 rings (SSSR count). The van der Waals surface area contributed by atoms with E-state index in [1.807, 2.05) is 0 Å². The zero-order valence-electron chi connectivity index (χ0n) is 8.91. The van der Waals surface area contributed by atoms with E-state index >= 15 is 0 Å². The van der Waals surface area contributed by atoms with Crippen molar-refractivity contribution in [3.05, 3.63) is 24.3 Å². The minimum absolute atomic E-state index is 0.0337. The van der Waals surface area contributed by atoms with E-state index in [1.165, 1.54) is 24.3 Å². The maximum atomic E-state index is 11.6. The number of sulfone groups is 1. The molecular weight excluding hydrogens is 244 g/mol. The van der Waals surface area contributed by atoms with Crippen LogP contribution in [0.15, 0.2) is 33.7 Å². The molecule has 1 aromatic heterocycles. The van der Waals surface area contributed by atoms with Gasteiger partial charge in [0.25, 0.3) is 0 Å². The van der Waals surface area contributed by atoms with Crippen LogP contribution in [0.25, 0.3) is 11.3 Å². The molecule has 0 atom stereocenters. The van der Waals surface area contributed by atoms with Gasteiger partial charge in [-0.3, -0.25) is 0 Å². The van der Waals surface area contributed by atoms with Gasteiger partial charge >= 0.3 is 0 Å². The van der Waals surface area contributed by atoms with Crippen LogP contribution in [0.4, 0.5) is 5.82 Å². The van der Waals surface area contributed by atoms with Crippen molar-refractivity contribution in [2.45, 2.75) is 4.90 Å². The minimum atomic E-state index is -3.48. The van der Waals surface area contributed by atoms with E-state index in [-0.39, 0.29) is 27.8 Å². The van der Waals surface area contributed by atoms with Gasteiger partial charge < -0.3 is 15.4 Å². The molecule has 1 aromatic carbocycles. The Labute approximate surface area is 97.6 Å². The van der Waals surface area contributed by atoms with Crippen LogP contribution in [0, 0.1) is 0 Å². The van der Waals surface area contributed by atoms with Gasteiger partial charge in [0.05, 0.1) is 10.5 Å². The SMILES string of the molecule is CS(=O)(=O)c1cccc(O)c1-c1cc(N)no1. The summed E-state index contributed by atoms with van der Waals surface area (Å²) < 4.78 is 28.0. The summed E-state index contributed by atoms with van der Waals surface area (Å²) in [7, 11) is -3.48. The third kappa shape index (κ3) is 2.09. The second-order valence-corrected chi connectivity index (χ2v) is 5.52. The monoisotopic (exact) mass is 254 g/mol. The number of phenols is 1. The smallest absolute Gasteiger partial charge is 0.176 e. The van der Waals surface area contributed by atoms with Crippen LogP contribution >= 0.6 is 0 Å². The van der Waals surface area contributed by atoms with E-state index < -0.39 is 9.84 Å². The first kappa shape index (κ1) is 11.5. The highest BCUT2D eigenvalue weighted by molar-refractivity contribution is 7.90. The maximum Gasteiger partial charge on any atom is 0.176 e. The van der Waals surface area contributed by atoms with Crippen molar-refractivity contribution in [3.63, 3.8) is 0 Å². The molecule has 0 saturated carbocycles. The summed E-state index contributed by atoms with van der Waals surface area (Å²) in [5.74, 6) is 0.0211. The molecule has 1 heterocycles. The molecule has 90 valence electrons. The summed E-state index contributed by atoms with van der Waals surface area (Å²) >= 11 is 0. The lowest BCUT2D eigenvalue weighted by atomic mass is 10.1. The van der Waals surface area contributed by atoms with Gasteiger partial charge in [-0.15, -0.1) is 0 Å². The molecule has 0 saturated heterocycles. The van der Waals surface area contributed by atoms with Crippen LogP contribution in [0.3, 0.4) is 0 Å². The fourth-order valence-corrected chi connectivity index (χ4v) is 2.38. The van der Waals surface area contributed by atoms with Crippen molar-refractivity contribution in [2.24, 2.45) is 0 Å². The minimum Gasteiger partial charge on any atom is -0.507 e. The number of nitrogens with two attached hydrogens (primary N) is 1. The number of benzene rings is 1. The number of hydrogen-bond donors (Lipinski definition) is 2. The topological polar surface area (TPSA) is 106 Å². The van der Waals surface area contributed by atoms with Crippen LogP contribution in [0.1, 0.15) is 0 Å². The zero-order valence-corrected chi connectivity index (χ0v) is 9.73. The Morgan fingerprint density at radius 2 is 2.12 bits per heavy atom. The van der Waals surface area contributed by atoms with Crippen LogP contribution < -0.4 is 5.73 Å². The molecule has 0 bridgehead atoms. The normalized spacial score (nSPS) is 11.6. The third-order valence-electron chi connectivity index (χ3n) is 2.18. The first-order valence-electron chi connectivity index (χ1n) is 4.64. The molecule has 0 aliphatic heterocycles. The van der Waals surface area contributed by atoms with Crippen molar-refractivity contribution in [1.29, 1.82) is 0 Å². The summed E-state index contributed by atoms with van der Waals surface area (Å²) in [4.78, 5) is -0.0337. The van der Waals surface area contributed by atoms with E-state index in [9.17, 15) is 13.5 Å². The van der Waals surface area contributed by atoms with Gasteiger partial charge in [0.2, 0.25) is 0 Å². The lowest BCUT2D eigenvalue weighted by molar-refractivity contribution is 0.427. The van der Waals surface area contributed by atoms with E-state index in [0.717, 1.165) is 6.26 Å². The standard InChI is InChI=1S/C10H10N2O4S/c1-17(14,15)8-4-2-3-6(13)10(8)7-5-9(11)12-16-7/h2-5,13H,1H3,(H2,11,12). The predicted molar refractivity (Wildman–Crippen MR) is 61.1 cm³/mol. The molecule has 17 heavy (non-hydrogen) atoms. The Morgan fingerprint density at radius 1 is 1.41 bits per heavy atom. The number of aromatic hydroxyl groups is 1. The Balaban J connectivity index is 2.76. The Hall–Kier alpha value is -2.02. The lowest BCUT2D eigenvalue weighted by Crippen LogP contribution is -1.99. The number of anilines is 1. The zero-order chi connectivity index (χ0) is 12.6. The van der Waals surface area contributed by atoms with Crippen molar-refractivity contribution in [2.75, 3.05) is 12.0 Å². The number of hydrogen-bond acceptors (Lipinski definition) is 6. The van der Waals surface area contributed by atoms with Gasteiger partial charge in [0.1, 0.15) is 5.75 Å². The molecule has 3 N–H and O–H groups in total. The van der Waals surface area contributed by atoms with Gasteiger partial charge in [-0.25, -0.2) is 8.42 Å². The molecular formula is C10H10N2O4S. The van der Waals surface area contributed by atoms with E-state index in [0.29, 0.717) is 0 Å². The second-order valence-electron chi connectivity index (χ2n) is 3.54. The highest BCUT2D eigenvalue weighted by Gasteiger charge is 2.20. The molecule has 0 unspecified atom stereocenters. The molecule has 7 heteroatoms. The van der Waals surface area contributed by atoms with E-state index in [2.05, 4.69) is 5.16 Å². The molecule has 0 radical (unpaired) electrons. The summed E-state index contributed by atoms with van der Waals surface area (Å²) in [5, 5.41) is 13.2. The average molecular weight is 254 g/mol. The van der Waals surface area contributed by atoms with Crippen LogP contribution in [0.5, 0.6) is 5.75 Å². The summed E-state index contributed by atoms with van der Waals surface area (Å²) in [6.45, 7) is 0. The average Bonchev–Trinajstić information content (AvgIpc) is 2.63. The Kier molecular flexibility index (Phi) is 2.55. The van der Waals surface area contributed by atoms with Crippen LogP contribution in [-0.2, 0) is 9.84 Å². The van der Waals surface area contributed by atoms with Gasteiger partial charge in [0, 0.05) is 12.3 Å². The van der Waals surface area contributed by atoms with E-state index in [4.69, 9.17) is 10.3 Å². The quantitative estimate of drug-likeness (QED) is 0.829. The first-order chi connectivity index (χ1) is 7.89. The third-order valence-corrected chi connectivity index (χ3v) is 3.32. The summed E-state index contributed by atoms with van der Waals surface area (Å²) in [6, 6.07) is 5.53. The fraction of sp³-hybridized carbons (Fsp3) is 0.100. The number of nitrogen functional groups attached to an aromatic ring is 1. The summed E-state index contributed by atoms with van der Waals surface area (Å²) in [6.07, 6.45) is 1.05. The van der Waals surface area contributed by atoms with E-state index in [1.54, 1.807) is 0 Å². The van der Waals surface area contributed by atoms with Gasteiger partial charge in [0.15, 0.2) is 21.4 Å². The highest BCUT2D eigenvalue weighted by Crippen LogP contribution is 2.35. The fourth-order valence-electron chi connectivity index (χ4n) is 1.48. The summed E-state index contributed by atoms with van der Waals surface area (Å²) in [5.41, 5.74) is 5.46. The van der Waals surface area contributed by atoms with Crippen LogP contribution in [-0.4, -0.2) is 24.9 Å². The van der Waals surface area contributed by atoms with Crippen molar-refractivity contribution >= 4 is 15.7 Å². The van der Waals surface area contributed by atoms with Crippen molar-refractivity contribution in [3.8, 4) is 17.1 Å². The van der Waals surface area contributed by atoms with Crippen LogP contribution in [0.2, 0.25) is 0 Å². The number of rotatable bonds is 2. The number of phenolic OH excluding ortho intramolecular Hbond substituents is 1. The molecule has 0 fully saturated rings. The molecule has 0 spiro atoms. The Morgan fingerprint density at radius 3 is 2.65 bits per heavy atom. The highest BCUT2D eigenvalue weighted by atomic mass is 32.2. The molecule has 6 nitrogen and oxygen atoms in total.